The molecule has 2 rings (SSSR count). The summed E-state index contributed by atoms with van der Waals surface area (Å²) in [5.74, 6) is -0.867. The van der Waals surface area contributed by atoms with Gasteiger partial charge in [-0.3, -0.25) is 19.4 Å². The Morgan fingerprint density at radius 3 is 2.79 bits per heavy atom. The zero-order valence-corrected chi connectivity index (χ0v) is 14.0. The van der Waals surface area contributed by atoms with Gasteiger partial charge in [0.15, 0.2) is 0 Å². The number of carbonyl (C=O) groups excluding carboxylic acids is 3. The molecule has 0 aromatic rings. The van der Waals surface area contributed by atoms with Gasteiger partial charge in [-0.1, -0.05) is 0 Å². The Hall–Kier alpha value is -1.87. The second kappa shape index (κ2) is 9.43. The quantitative estimate of drug-likeness (QED) is 0.455. The van der Waals surface area contributed by atoms with Gasteiger partial charge in [0.05, 0.1) is 19.8 Å². The Morgan fingerprint density at radius 1 is 1.33 bits per heavy atom. The molecule has 0 saturated carbocycles. The fourth-order valence-corrected chi connectivity index (χ4v) is 2.64. The van der Waals surface area contributed by atoms with Gasteiger partial charge in [0.1, 0.15) is 19.2 Å². The van der Waals surface area contributed by atoms with Crippen LogP contribution in [-0.4, -0.2) is 93.0 Å². The number of cyclic esters (lactones) is 1. The molecular formula is C15H25N3O6. The summed E-state index contributed by atoms with van der Waals surface area (Å²) < 4.78 is 15.0. The number of amides is 2. The van der Waals surface area contributed by atoms with Crippen LogP contribution in [0.3, 0.4) is 0 Å². The van der Waals surface area contributed by atoms with Gasteiger partial charge in [-0.25, -0.2) is 4.79 Å². The number of ether oxygens (including phenoxy) is 3. The molecule has 24 heavy (non-hydrogen) atoms. The molecule has 0 aliphatic carbocycles. The molecular weight excluding hydrogens is 318 g/mol. The molecule has 0 bridgehead atoms. The van der Waals surface area contributed by atoms with Crippen LogP contribution in [0.15, 0.2) is 0 Å². The predicted octanol–water partition coefficient (Wildman–Crippen LogP) is -0.791. The monoisotopic (exact) mass is 343 g/mol. The van der Waals surface area contributed by atoms with Gasteiger partial charge in [0, 0.05) is 19.6 Å². The third kappa shape index (κ3) is 5.34. The van der Waals surface area contributed by atoms with E-state index >= 15 is 0 Å². The van der Waals surface area contributed by atoms with Crippen LogP contribution >= 0.6 is 0 Å². The van der Waals surface area contributed by atoms with Gasteiger partial charge in [0.25, 0.3) is 0 Å². The van der Waals surface area contributed by atoms with Crippen molar-refractivity contribution in [3.63, 3.8) is 0 Å². The van der Waals surface area contributed by atoms with Gasteiger partial charge in [-0.05, 0) is 19.9 Å². The largest absolute Gasteiger partial charge is 0.465 e. The van der Waals surface area contributed by atoms with Crippen LogP contribution in [-0.2, 0) is 23.8 Å². The second-order valence-corrected chi connectivity index (χ2v) is 5.62. The average molecular weight is 343 g/mol. The summed E-state index contributed by atoms with van der Waals surface area (Å²) in [6, 6.07) is -0.787. The Morgan fingerprint density at radius 2 is 2.08 bits per heavy atom. The molecule has 1 N–H and O–H groups in total. The van der Waals surface area contributed by atoms with E-state index in [4.69, 9.17) is 14.2 Å². The molecule has 2 fully saturated rings. The summed E-state index contributed by atoms with van der Waals surface area (Å²) in [5.41, 5.74) is 0. The first-order valence-corrected chi connectivity index (χ1v) is 8.28. The van der Waals surface area contributed by atoms with E-state index in [0.29, 0.717) is 6.54 Å². The smallest absolute Gasteiger partial charge is 0.411 e. The highest BCUT2D eigenvalue weighted by Gasteiger charge is 2.39. The third-order valence-corrected chi connectivity index (χ3v) is 3.94. The lowest BCUT2D eigenvalue weighted by Gasteiger charge is -2.26. The van der Waals surface area contributed by atoms with Crippen molar-refractivity contribution in [2.75, 3.05) is 59.2 Å². The SMILES string of the molecule is CCOC(=O)CN1C(=O)OC[C@H]1C(=O)NCCCN1CCOCC1. The van der Waals surface area contributed by atoms with Crippen molar-refractivity contribution in [2.24, 2.45) is 0 Å². The summed E-state index contributed by atoms with van der Waals surface area (Å²) in [7, 11) is 0. The summed E-state index contributed by atoms with van der Waals surface area (Å²) in [6.07, 6.45) is 0.141. The topological polar surface area (TPSA) is 97.4 Å². The molecule has 2 saturated heterocycles. The van der Waals surface area contributed by atoms with Crippen LogP contribution in [0.4, 0.5) is 4.79 Å². The van der Waals surface area contributed by atoms with Crippen molar-refractivity contribution >= 4 is 18.0 Å². The Balaban J connectivity index is 1.71. The number of morpholine rings is 1. The molecule has 0 unspecified atom stereocenters. The maximum Gasteiger partial charge on any atom is 0.411 e. The molecule has 1 atom stereocenters. The van der Waals surface area contributed by atoms with Crippen LogP contribution in [0.1, 0.15) is 13.3 Å². The van der Waals surface area contributed by atoms with Crippen molar-refractivity contribution in [1.29, 1.82) is 0 Å². The summed E-state index contributed by atoms with van der Waals surface area (Å²) >= 11 is 0. The summed E-state index contributed by atoms with van der Waals surface area (Å²) in [6.45, 7) is 6.28. The van der Waals surface area contributed by atoms with E-state index in [0.717, 1.165) is 44.2 Å². The van der Waals surface area contributed by atoms with Crippen molar-refractivity contribution in [1.82, 2.24) is 15.1 Å². The van der Waals surface area contributed by atoms with Gasteiger partial charge < -0.3 is 19.5 Å². The second-order valence-electron chi connectivity index (χ2n) is 5.62. The van der Waals surface area contributed by atoms with E-state index in [-0.39, 0.29) is 25.7 Å². The lowest BCUT2D eigenvalue weighted by Crippen LogP contribution is -2.48. The Bertz CT molecular complexity index is 452. The van der Waals surface area contributed by atoms with Crippen LogP contribution in [0.25, 0.3) is 0 Å². The molecule has 0 aromatic carbocycles. The van der Waals surface area contributed by atoms with Crippen molar-refractivity contribution in [3.8, 4) is 0 Å². The average Bonchev–Trinajstić information content (AvgIpc) is 2.93. The lowest BCUT2D eigenvalue weighted by molar-refractivity contribution is -0.144. The molecule has 2 amide bonds. The molecule has 136 valence electrons. The normalized spacial score (nSPS) is 21.5. The number of hydrogen-bond acceptors (Lipinski definition) is 7. The molecule has 0 radical (unpaired) electrons. The van der Waals surface area contributed by atoms with Gasteiger partial charge in [-0.15, -0.1) is 0 Å². The van der Waals surface area contributed by atoms with Gasteiger partial charge >= 0.3 is 12.1 Å². The zero-order chi connectivity index (χ0) is 17.4. The van der Waals surface area contributed by atoms with Crippen LogP contribution in [0.2, 0.25) is 0 Å². The highest BCUT2D eigenvalue weighted by Crippen LogP contribution is 2.12. The Labute approximate surface area is 141 Å². The van der Waals surface area contributed by atoms with Crippen molar-refractivity contribution < 1.29 is 28.6 Å². The van der Waals surface area contributed by atoms with Gasteiger partial charge in [-0.2, -0.15) is 0 Å². The fraction of sp³-hybridized carbons (Fsp3) is 0.800. The van der Waals surface area contributed by atoms with Crippen molar-refractivity contribution in [2.45, 2.75) is 19.4 Å². The number of nitrogens with zero attached hydrogens (tertiary/aromatic N) is 2. The minimum Gasteiger partial charge on any atom is -0.465 e. The number of hydrogen-bond donors (Lipinski definition) is 1. The van der Waals surface area contributed by atoms with Crippen LogP contribution in [0, 0.1) is 0 Å². The number of nitrogens with one attached hydrogen (secondary N) is 1. The minimum atomic E-state index is -0.787. The first-order chi connectivity index (χ1) is 11.6. The van der Waals surface area contributed by atoms with E-state index in [2.05, 4.69) is 10.2 Å². The first-order valence-electron chi connectivity index (χ1n) is 8.28. The summed E-state index contributed by atoms with van der Waals surface area (Å²) in [5, 5.41) is 2.80. The highest BCUT2D eigenvalue weighted by molar-refractivity contribution is 5.90. The molecule has 0 aromatic heterocycles. The lowest BCUT2D eigenvalue weighted by atomic mass is 10.2. The van der Waals surface area contributed by atoms with E-state index < -0.39 is 18.1 Å². The van der Waals surface area contributed by atoms with Crippen molar-refractivity contribution in [3.05, 3.63) is 0 Å². The highest BCUT2D eigenvalue weighted by atomic mass is 16.6. The maximum absolute atomic E-state index is 12.2. The molecule has 2 heterocycles. The standard InChI is InChI=1S/C15H25N3O6/c1-2-23-13(19)10-18-12(11-24-15(18)21)14(20)16-4-3-5-17-6-8-22-9-7-17/h12H,2-11H2,1H3,(H,16,20)/t12-/m0/s1. The van der Waals surface area contributed by atoms with Crippen LogP contribution < -0.4 is 5.32 Å². The number of esters is 1. The Kier molecular flexibility index (Phi) is 7.26. The third-order valence-electron chi connectivity index (χ3n) is 3.94. The molecule has 0 spiro atoms. The fourth-order valence-electron chi connectivity index (χ4n) is 2.64. The maximum atomic E-state index is 12.2. The summed E-state index contributed by atoms with van der Waals surface area (Å²) in [4.78, 5) is 38.8. The van der Waals surface area contributed by atoms with Crippen LogP contribution in [0.5, 0.6) is 0 Å². The van der Waals surface area contributed by atoms with E-state index in [1.165, 1.54) is 0 Å². The first kappa shape index (κ1) is 18.5. The predicted molar refractivity (Wildman–Crippen MR) is 83.4 cm³/mol. The molecule has 9 heteroatoms. The number of carbonyl (C=O) groups is 3. The number of rotatable bonds is 8. The zero-order valence-electron chi connectivity index (χ0n) is 14.0. The van der Waals surface area contributed by atoms with E-state index in [1.807, 2.05) is 0 Å². The molecule has 2 aliphatic rings. The minimum absolute atomic E-state index is 0.0481. The van der Waals surface area contributed by atoms with E-state index in [1.54, 1.807) is 6.92 Å². The van der Waals surface area contributed by atoms with Gasteiger partial charge in [0.2, 0.25) is 5.91 Å². The molecule has 9 nitrogen and oxygen atoms in total. The van der Waals surface area contributed by atoms with E-state index in [9.17, 15) is 14.4 Å². The molecule has 2 aliphatic heterocycles.